The zero-order valence-electron chi connectivity index (χ0n) is 10.3. The lowest BCUT2D eigenvalue weighted by Gasteiger charge is -2.14. The number of rotatable bonds is 2. The second-order valence-electron chi connectivity index (χ2n) is 4.77. The topological polar surface area (TPSA) is 43.8 Å². The summed E-state index contributed by atoms with van der Waals surface area (Å²) in [7, 11) is 0. The second-order valence-corrected chi connectivity index (χ2v) is 5.91. The number of imidazole rings is 1. The number of fused-ring (bicyclic) bond motifs is 1. The fourth-order valence-electron chi connectivity index (χ4n) is 2.85. The first-order valence-corrected chi connectivity index (χ1v) is 7.44. The van der Waals surface area contributed by atoms with E-state index in [2.05, 4.69) is 11.2 Å². The number of nitrogen functional groups attached to an aromatic ring is 1. The Kier molecular flexibility index (Phi) is 2.93. The molecule has 0 radical (unpaired) electrons. The zero-order valence-corrected chi connectivity index (χ0v) is 11.1. The van der Waals surface area contributed by atoms with Crippen LogP contribution in [0.25, 0.3) is 11.0 Å². The predicted octanol–water partition coefficient (Wildman–Crippen LogP) is 3.21. The molecule has 0 spiro atoms. The largest absolute Gasteiger partial charge is 0.369 e. The van der Waals surface area contributed by atoms with Crippen molar-refractivity contribution in [3.63, 3.8) is 0 Å². The molecule has 1 saturated carbocycles. The number of thioether (sulfide) groups is 1. The molecule has 2 atom stereocenters. The Bertz CT molecular complexity index is 581. The first-order valence-electron chi connectivity index (χ1n) is 6.15. The molecule has 1 heterocycles. The summed E-state index contributed by atoms with van der Waals surface area (Å²) in [6.45, 7) is 0. The van der Waals surface area contributed by atoms with Crippen LogP contribution in [-0.2, 0) is 0 Å². The van der Waals surface area contributed by atoms with E-state index in [1.54, 1.807) is 6.07 Å². The molecule has 2 aromatic rings. The van der Waals surface area contributed by atoms with Crippen LogP contribution >= 0.6 is 11.8 Å². The number of benzene rings is 1. The van der Waals surface area contributed by atoms with E-state index in [1.807, 2.05) is 22.4 Å². The lowest BCUT2D eigenvalue weighted by atomic mass is 10.2. The summed E-state index contributed by atoms with van der Waals surface area (Å²) >= 11 is 1.90. The van der Waals surface area contributed by atoms with Crippen molar-refractivity contribution in [2.45, 2.75) is 30.6 Å². The van der Waals surface area contributed by atoms with E-state index < -0.39 is 0 Å². The molecule has 3 nitrogen and oxygen atoms in total. The number of nitrogens with two attached hydrogens (primary N) is 1. The number of anilines is 1. The van der Waals surface area contributed by atoms with E-state index in [9.17, 15) is 4.39 Å². The highest BCUT2D eigenvalue weighted by Gasteiger charge is 2.28. The molecule has 5 heteroatoms. The molecule has 0 bridgehead atoms. The van der Waals surface area contributed by atoms with Gasteiger partial charge in [-0.3, -0.25) is 0 Å². The van der Waals surface area contributed by atoms with Crippen molar-refractivity contribution >= 4 is 28.7 Å². The van der Waals surface area contributed by atoms with Crippen molar-refractivity contribution in [1.29, 1.82) is 0 Å². The van der Waals surface area contributed by atoms with Gasteiger partial charge in [-0.15, -0.1) is 0 Å². The summed E-state index contributed by atoms with van der Waals surface area (Å²) in [4.78, 5) is 4.17. The number of nitrogens with zero attached hydrogens (tertiary/aromatic N) is 2. The molecule has 1 aliphatic rings. The summed E-state index contributed by atoms with van der Waals surface area (Å²) < 4.78 is 15.7. The second kappa shape index (κ2) is 4.46. The molecule has 96 valence electrons. The molecule has 1 aromatic heterocycles. The maximum absolute atomic E-state index is 13.7. The number of hydrogen-bond acceptors (Lipinski definition) is 3. The normalized spacial score (nSPS) is 23.9. The Morgan fingerprint density at radius 2 is 2.28 bits per heavy atom. The van der Waals surface area contributed by atoms with E-state index in [0.717, 1.165) is 18.4 Å². The highest BCUT2D eigenvalue weighted by atomic mass is 32.2. The molecular weight excluding hydrogens is 249 g/mol. The Hall–Kier alpha value is -1.23. The van der Waals surface area contributed by atoms with Crippen molar-refractivity contribution in [2.75, 3.05) is 12.0 Å². The lowest BCUT2D eigenvalue weighted by Crippen LogP contribution is -2.09. The molecule has 18 heavy (non-hydrogen) atoms. The number of aromatic nitrogens is 2. The molecule has 1 aliphatic carbocycles. The Labute approximate surface area is 110 Å². The maximum Gasteiger partial charge on any atom is 0.201 e. The van der Waals surface area contributed by atoms with Crippen LogP contribution in [0.3, 0.4) is 0 Å². The molecule has 2 unspecified atom stereocenters. The highest BCUT2D eigenvalue weighted by Crippen LogP contribution is 2.39. The van der Waals surface area contributed by atoms with Gasteiger partial charge in [0.15, 0.2) is 5.82 Å². The molecular formula is C13H16FN3S. The SMILES string of the molecule is CSC1CCC(n2c(N)nc3c(F)cccc32)C1. The van der Waals surface area contributed by atoms with Gasteiger partial charge in [-0.2, -0.15) is 11.8 Å². The molecule has 0 aliphatic heterocycles. The molecule has 0 saturated heterocycles. The van der Waals surface area contributed by atoms with E-state index in [0.29, 0.717) is 22.8 Å². The van der Waals surface area contributed by atoms with Gasteiger partial charge in [0.25, 0.3) is 0 Å². The quantitative estimate of drug-likeness (QED) is 0.906. The van der Waals surface area contributed by atoms with Crippen LogP contribution in [0.2, 0.25) is 0 Å². The summed E-state index contributed by atoms with van der Waals surface area (Å²) in [5, 5.41) is 0.681. The minimum Gasteiger partial charge on any atom is -0.369 e. The van der Waals surface area contributed by atoms with Gasteiger partial charge in [0.1, 0.15) is 5.52 Å². The first kappa shape index (κ1) is 11.8. The van der Waals surface area contributed by atoms with Gasteiger partial charge in [-0.1, -0.05) is 6.07 Å². The van der Waals surface area contributed by atoms with Crippen LogP contribution in [-0.4, -0.2) is 21.1 Å². The molecule has 1 fully saturated rings. The average Bonchev–Trinajstić information content (AvgIpc) is 2.93. The van der Waals surface area contributed by atoms with Crippen LogP contribution in [0.4, 0.5) is 10.3 Å². The molecule has 3 rings (SSSR count). The molecule has 0 amide bonds. The van der Waals surface area contributed by atoms with Gasteiger partial charge in [-0.25, -0.2) is 9.37 Å². The third kappa shape index (κ3) is 1.77. The number of hydrogen-bond donors (Lipinski definition) is 1. The molecule has 1 aromatic carbocycles. The summed E-state index contributed by atoms with van der Waals surface area (Å²) in [6.07, 6.45) is 5.52. The maximum atomic E-state index is 13.7. The van der Waals surface area contributed by atoms with Crippen LogP contribution in [0, 0.1) is 5.82 Å². The third-order valence-electron chi connectivity index (χ3n) is 3.75. The Morgan fingerprint density at radius 1 is 1.44 bits per heavy atom. The Balaban J connectivity index is 2.07. The minimum atomic E-state index is -0.294. The van der Waals surface area contributed by atoms with Crippen molar-refractivity contribution in [2.24, 2.45) is 0 Å². The summed E-state index contributed by atoms with van der Waals surface area (Å²) in [5.41, 5.74) is 7.18. The van der Waals surface area contributed by atoms with Crippen LogP contribution in [0.1, 0.15) is 25.3 Å². The van der Waals surface area contributed by atoms with Gasteiger partial charge >= 0.3 is 0 Å². The number of para-hydroxylation sites is 1. The van der Waals surface area contributed by atoms with Crippen LogP contribution < -0.4 is 5.73 Å². The standard InChI is InChI=1S/C13H16FN3S/c1-18-9-6-5-8(7-9)17-11-4-2-3-10(14)12(11)16-13(17)15/h2-4,8-9H,5-7H2,1H3,(H2,15,16). The van der Waals surface area contributed by atoms with Crippen molar-refractivity contribution in [3.8, 4) is 0 Å². The highest BCUT2D eigenvalue weighted by molar-refractivity contribution is 7.99. The lowest BCUT2D eigenvalue weighted by molar-refractivity contribution is 0.540. The fourth-order valence-corrected chi connectivity index (χ4v) is 3.64. The van der Waals surface area contributed by atoms with Gasteiger partial charge in [0, 0.05) is 11.3 Å². The van der Waals surface area contributed by atoms with E-state index in [4.69, 9.17) is 5.73 Å². The number of halogens is 1. The van der Waals surface area contributed by atoms with Crippen molar-refractivity contribution in [3.05, 3.63) is 24.0 Å². The predicted molar refractivity (Wildman–Crippen MR) is 74.3 cm³/mol. The van der Waals surface area contributed by atoms with Crippen LogP contribution in [0.15, 0.2) is 18.2 Å². The van der Waals surface area contributed by atoms with E-state index in [1.165, 1.54) is 12.5 Å². The van der Waals surface area contributed by atoms with Gasteiger partial charge in [0.2, 0.25) is 5.95 Å². The molecule has 2 N–H and O–H groups in total. The van der Waals surface area contributed by atoms with E-state index >= 15 is 0 Å². The summed E-state index contributed by atoms with van der Waals surface area (Å²) in [6, 6.07) is 5.40. The average molecular weight is 265 g/mol. The Morgan fingerprint density at radius 3 is 3.00 bits per heavy atom. The fraction of sp³-hybridized carbons (Fsp3) is 0.462. The van der Waals surface area contributed by atoms with Crippen LogP contribution in [0.5, 0.6) is 0 Å². The first-order chi connectivity index (χ1) is 8.70. The third-order valence-corrected chi connectivity index (χ3v) is 4.85. The minimum absolute atomic E-state index is 0.294. The smallest absolute Gasteiger partial charge is 0.201 e. The summed E-state index contributed by atoms with van der Waals surface area (Å²) in [5.74, 6) is 0.138. The van der Waals surface area contributed by atoms with Crippen molar-refractivity contribution in [1.82, 2.24) is 9.55 Å². The monoisotopic (exact) mass is 265 g/mol. The van der Waals surface area contributed by atoms with Gasteiger partial charge in [-0.05, 0) is 37.7 Å². The van der Waals surface area contributed by atoms with Crippen molar-refractivity contribution < 1.29 is 4.39 Å². The van der Waals surface area contributed by atoms with Gasteiger partial charge in [0.05, 0.1) is 5.52 Å². The van der Waals surface area contributed by atoms with Gasteiger partial charge < -0.3 is 10.3 Å². The zero-order chi connectivity index (χ0) is 12.7. The van der Waals surface area contributed by atoms with E-state index in [-0.39, 0.29) is 5.82 Å².